The van der Waals surface area contributed by atoms with E-state index in [0.717, 1.165) is 0 Å². The van der Waals surface area contributed by atoms with Crippen molar-refractivity contribution in [1.82, 2.24) is 9.80 Å². The molecule has 0 amide bonds. The fourth-order valence-electron chi connectivity index (χ4n) is 4.62. The van der Waals surface area contributed by atoms with Gasteiger partial charge in [-0.2, -0.15) is 0 Å². The maximum atomic E-state index is 12.7. The fourth-order valence-corrected chi connectivity index (χ4v) is 4.62. The lowest BCUT2D eigenvalue weighted by atomic mass is 9.89. The van der Waals surface area contributed by atoms with E-state index in [9.17, 15) is 4.79 Å². The van der Waals surface area contributed by atoms with Gasteiger partial charge in [0.15, 0.2) is 5.78 Å². The minimum absolute atomic E-state index is 0.311. The first-order valence-corrected chi connectivity index (χ1v) is 6.86. The second-order valence-electron chi connectivity index (χ2n) is 6.04. The van der Waals surface area contributed by atoms with Crippen molar-refractivity contribution >= 4 is 5.78 Å². The molecule has 0 N–H and O–H groups in total. The molecule has 0 aromatic heterocycles. The average Bonchev–Trinajstić information content (AvgIpc) is 3.08. The standard InChI is InChI=1S/C13H20N2O/c16-13(11-9-1-5-14(11)6-2-9)12-10-3-7-15(12)8-4-10/h9-12H,1-8H2. The molecule has 0 aromatic carbocycles. The fraction of sp³-hybridized carbons (Fsp3) is 0.923. The molecule has 88 valence electrons. The van der Waals surface area contributed by atoms with E-state index in [0.29, 0.717) is 29.7 Å². The number of rotatable bonds is 2. The summed E-state index contributed by atoms with van der Waals surface area (Å²) in [7, 11) is 0. The normalized spacial score (nSPS) is 53.8. The summed E-state index contributed by atoms with van der Waals surface area (Å²) in [5.74, 6) is 1.99. The van der Waals surface area contributed by atoms with E-state index in [4.69, 9.17) is 0 Å². The van der Waals surface area contributed by atoms with E-state index in [1.807, 2.05) is 0 Å². The Kier molecular flexibility index (Phi) is 1.98. The predicted molar refractivity (Wildman–Crippen MR) is 61.2 cm³/mol. The third kappa shape index (κ3) is 1.13. The minimum Gasteiger partial charge on any atom is -0.296 e. The van der Waals surface area contributed by atoms with E-state index in [1.54, 1.807) is 0 Å². The highest BCUT2D eigenvalue weighted by atomic mass is 16.1. The maximum absolute atomic E-state index is 12.7. The highest BCUT2D eigenvalue weighted by Crippen LogP contribution is 2.41. The van der Waals surface area contributed by atoms with Gasteiger partial charge in [0, 0.05) is 0 Å². The number of nitrogens with zero attached hydrogens (tertiary/aromatic N) is 2. The molecule has 4 fully saturated rings. The van der Waals surface area contributed by atoms with E-state index in [2.05, 4.69) is 9.80 Å². The predicted octanol–water partition coefficient (Wildman–Crippen LogP) is 0.744. The monoisotopic (exact) mass is 220 g/mol. The van der Waals surface area contributed by atoms with E-state index in [1.165, 1.54) is 51.9 Å². The van der Waals surface area contributed by atoms with Gasteiger partial charge in [-0.15, -0.1) is 0 Å². The van der Waals surface area contributed by atoms with Gasteiger partial charge in [-0.3, -0.25) is 14.6 Å². The summed E-state index contributed by atoms with van der Waals surface area (Å²) in [5.41, 5.74) is 0. The molecule has 4 bridgehead atoms. The Bertz CT molecular complexity index is 260. The van der Waals surface area contributed by atoms with Crippen LogP contribution < -0.4 is 0 Å². The van der Waals surface area contributed by atoms with E-state index >= 15 is 0 Å². The van der Waals surface area contributed by atoms with Crippen molar-refractivity contribution < 1.29 is 4.79 Å². The summed E-state index contributed by atoms with van der Waals surface area (Å²) in [6.45, 7) is 4.72. The second kappa shape index (κ2) is 3.30. The third-order valence-electron chi connectivity index (χ3n) is 5.41. The molecule has 0 radical (unpaired) electrons. The van der Waals surface area contributed by atoms with Gasteiger partial charge in [-0.05, 0) is 63.7 Å². The molecule has 4 aliphatic rings. The van der Waals surface area contributed by atoms with Crippen molar-refractivity contribution in [2.24, 2.45) is 11.8 Å². The first kappa shape index (κ1) is 9.60. The number of hydrogen-bond acceptors (Lipinski definition) is 3. The molecule has 0 spiro atoms. The van der Waals surface area contributed by atoms with Gasteiger partial charge >= 0.3 is 0 Å². The van der Waals surface area contributed by atoms with Crippen molar-refractivity contribution in [2.45, 2.75) is 37.8 Å². The van der Waals surface area contributed by atoms with Crippen molar-refractivity contribution in [3.05, 3.63) is 0 Å². The Hall–Kier alpha value is -0.410. The van der Waals surface area contributed by atoms with E-state index in [-0.39, 0.29) is 0 Å². The van der Waals surface area contributed by atoms with Crippen LogP contribution in [0.5, 0.6) is 0 Å². The molecule has 4 aliphatic heterocycles. The van der Waals surface area contributed by atoms with Gasteiger partial charge < -0.3 is 0 Å². The molecule has 3 heteroatoms. The summed E-state index contributed by atoms with van der Waals surface area (Å²) in [6.07, 6.45) is 5.09. The smallest absolute Gasteiger partial charge is 0.167 e. The maximum Gasteiger partial charge on any atom is 0.167 e. The SMILES string of the molecule is O=C(C1C2CCN1CC2)C1C2CCN1CC2. The van der Waals surface area contributed by atoms with Gasteiger partial charge in [0.25, 0.3) is 0 Å². The molecule has 4 rings (SSSR count). The highest BCUT2D eigenvalue weighted by molar-refractivity contribution is 5.90. The Morgan fingerprint density at radius 1 is 0.750 bits per heavy atom. The lowest BCUT2D eigenvalue weighted by molar-refractivity contribution is -0.127. The zero-order valence-electron chi connectivity index (χ0n) is 9.77. The van der Waals surface area contributed by atoms with Crippen LogP contribution in [0.4, 0.5) is 0 Å². The summed E-state index contributed by atoms with van der Waals surface area (Å²) in [4.78, 5) is 17.6. The molecule has 3 nitrogen and oxygen atoms in total. The Balaban J connectivity index is 1.58. The molecule has 4 heterocycles. The number of carbonyl (C=O) groups excluding carboxylic acids is 1. The number of fused-ring (bicyclic) bond motifs is 4. The summed E-state index contributed by atoms with van der Waals surface area (Å²) < 4.78 is 0. The average molecular weight is 220 g/mol. The molecule has 0 aliphatic carbocycles. The van der Waals surface area contributed by atoms with Crippen LogP contribution in [0.1, 0.15) is 25.7 Å². The van der Waals surface area contributed by atoms with Crippen molar-refractivity contribution in [3.63, 3.8) is 0 Å². The van der Waals surface area contributed by atoms with Gasteiger partial charge in [0.2, 0.25) is 0 Å². The number of ketones is 1. The molecule has 4 saturated heterocycles. The topological polar surface area (TPSA) is 23.6 Å². The van der Waals surface area contributed by atoms with Crippen molar-refractivity contribution in [2.75, 3.05) is 26.2 Å². The van der Waals surface area contributed by atoms with Gasteiger partial charge in [-0.1, -0.05) is 0 Å². The minimum atomic E-state index is 0.311. The molecule has 16 heavy (non-hydrogen) atoms. The van der Waals surface area contributed by atoms with Crippen LogP contribution in [-0.4, -0.2) is 53.8 Å². The Morgan fingerprint density at radius 3 is 1.38 bits per heavy atom. The van der Waals surface area contributed by atoms with Gasteiger partial charge in [0.1, 0.15) is 0 Å². The molecule has 2 unspecified atom stereocenters. The zero-order valence-corrected chi connectivity index (χ0v) is 9.77. The first-order chi connectivity index (χ1) is 7.84. The largest absolute Gasteiger partial charge is 0.296 e. The van der Waals surface area contributed by atoms with Crippen LogP contribution in [-0.2, 0) is 4.79 Å². The number of piperidine rings is 2. The molecular formula is C13H20N2O. The van der Waals surface area contributed by atoms with Crippen LogP contribution in [0, 0.1) is 11.8 Å². The van der Waals surface area contributed by atoms with Gasteiger partial charge in [0.05, 0.1) is 12.1 Å². The van der Waals surface area contributed by atoms with Crippen molar-refractivity contribution in [3.8, 4) is 0 Å². The quantitative estimate of drug-likeness (QED) is 0.686. The molecule has 2 atom stereocenters. The van der Waals surface area contributed by atoms with Crippen LogP contribution in [0.3, 0.4) is 0 Å². The highest BCUT2D eigenvalue weighted by Gasteiger charge is 2.51. The zero-order chi connectivity index (χ0) is 10.7. The summed E-state index contributed by atoms with van der Waals surface area (Å²) in [5, 5.41) is 0. The van der Waals surface area contributed by atoms with E-state index < -0.39 is 0 Å². The van der Waals surface area contributed by atoms with Crippen LogP contribution in [0.15, 0.2) is 0 Å². The molecule has 0 aromatic rings. The Morgan fingerprint density at radius 2 is 1.12 bits per heavy atom. The third-order valence-corrected chi connectivity index (χ3v) is 5.41. The van der Waals surface area contributed by atoms with Gasteiger partial charge in [-0.25, -0.2) is 0 Å². The molecule has 0 saturated carbocycles. The summed E-state index contributed by atoms with van der Waals surface area (Å²) in [6, 6.07) is 0.623. The Labute approximate surface area is 96.8 Å². The van der Waals surface area contributed by atoms with Crippen LogP contribution in [0.25, 0.3) is 0 Å². The lowest BCUT2D eigenvalue weighted by Crippen LogP contribution is -2.45. The van der Waals surface area contributed by atoms with Crippen molar-refractivity contribution in [1.29, 1.82) is 0 Å². The summed E-state index contributed by atoms with van der Waals surface area (Å²) >= 11 is 0. The number of Topliss-reactive ketones (excluding diaryl/α,β-unsaturated/α-hetero) is 1. The lowest BCUT2D eigenvalue weighted by Gasteiger charge is -2.25. The van der Waals surface area contributed by atoms with Crippen LogP contribution >= 0.6 is 0 Å². The van der Waals surface area contributed by atoms with Crippen LogP contribution in [0.2, 0.25) is 0 Å². The number of carbonyl (C=O) groups is 1. The first-order valence-electron chi connectivity index (χ1n) is 6.86. The molecular weight excluding hydrogens is 200 g/mol. The second-order valence-corrected chi connectivity index (χ2v) is 6.04. The number of hydrogen-bond donors (Lipinski definition) is 0.